The summed E-state index contributed by atoms with van der Waals surface area (Å²) in [6, 6.07) is 5.24. The number of nitrogens with one attached hydrogen (secondary N) is 1. The number of hydrogen-bond donors (Lipinski definition) is 2. The van der Waals surface area contributed by atoms with Crippen molar-refractivity contribution < 1.29 is 19.4 Å². The molecule has 0 heterocycles. The van der Waals surface area contributed by atoms with Gasteiger partial charge in [-0.15, -0.1) is 0 Å². The standard InChI is InChI=1S/C15H18ClNO4/c1-10-11(16)4-2-5-12(10)21-9-13(18)17-15(6-3-7-15)8-14(19)20/h2,4-5H,3,6-9H2,1H3,(H,17,18)(H,19,20). The fourth-order valence-electron chi connectivity index (χ4n) is 2.46. The highest BCUT2D eigenvalue weighted by Crippen LogP contribution is 2.34. The maximum absolute atomic E-state index is 11.9. The van der Waals surface area contributed by atoms with Crippen LogP contribution >= 0.6 is 11.6 Å². The highest BCUT2D eigenvalue weighted by Gasteiger charge is 2.40. The smallest absolute Gasteiger partial charge is 0.305 e. The van der Waals surface area contributed by atoms with Crippen LogP contribution < -0.4 is 10.1 Å². The van der Waals surface area contributed by atoms with Gasteiger partial charge in [-0.05, 0) is 38.3 Å². The third kappa shape index (κ3) is 3.88. The summed E-state index contributed by atoms with van der Waals surface area (Å²) >= 11 is 5.98. The topological polar surface area (TPSA) is 75.6 Å². The molecule has 2 N–H and O–H groups in total. The molecule has 1 aliphatic rings. The van der Waals surface area contributed by atoms with Crippen LogP contribution in [-0.4, -0.2) is 29.1 Å². The number of hydrogen-bond acceptors (Lipinski definition) is 3. The lowest BCUT2D eigenvalue weighted by Gasteiger charge is -2.41. The zero-order valence-electron chi connectivity index (χ0n) is 11.8. The molecule has 0 radical (unpaired) electrons. The molecule has 0 atom stereocenters. The SMILES string of the molecule is Cc1c(Cl)cccc1OCC(=O)NC1(CC(=O)O)CCC1. The first-order valence-corrected chi connectivity index (χ1v) is 7.20. The molecular formula is C15H18ClNO4. The van der Waals surface area contributed by atoms with Crippen molar-refractivity contribution in [3.05, 3.63) is 28.8 Å². The number of carbonyl (C=O) groups is 2. The van der Waals surface area contributed by atoms with Gasteiger partial charge in [-0.2, -0.15) is 0 Å². The van der Waals surface area contributed by atoms with E-state index in [1.807, 2.05) is 6.92 Å². The van der Waals surface area contributed by atoms with Crippen LogP contribution in [0.5, 0.6) is 5.75 Å². The van der Waals surface area contributed by atoms with Crippen LogP contribution in [0.2, 0.25) is 5.02 Å². The van der Waals surface area contributed by atoms with Gasteiger partial charge in [-0.25, -0.2) is 0 Å². The molecule has 5 nitrogen and oxygen atoms in total. The average molecular weight is 312 g/mol. The van der Waals surface area contributed by atoms with E-state index in [1.165, 1.54) is 0 Å². The molecule has 1 amide bonds. The number of aliphatic carboxylic acids is 1. The number of carboxylic acids is 1. The highest BCUT2D eigenvalue weighted by atomic mass is 35.5. The maximum atomic E-state index is 11.9. The lowest BCUT2D eigenvalue weighted by atomic mass is 9.74. The molecule has 0 aliphatic heterocycles. The van der Waals surface area contributed by atoms with E-state index < -0.39 is 11.5 Å². The number of carboxylic acid groups (broad SMARTS) is 1. The van der Waals surface area contributed by atoms with Crippen LogP contribution in [0.1, 0.15) is 31.2 Å². The minimum atomic E-state index is -0.901. The van der Waals surface area contributed by atoms with Gasteiger partial charge in [0, 0.05) is 10.6 Å². The maximum Gasteiger partial charge on any atom is 0.305 e. The molecule has 0 saturated heterocycles. The second-order valence-electron chi connectivity index (χ2n) is 5.40. The Kier molecular flexibility index (Phi) is 4.73. The molecule has 0 aromatic heterocycles. The Morgan fingerprint density at radius 2 is 2.14 bits per heavy atom. The van der Waals surface area contributed by atoms with E-state index in [2.05, 4.69) is 5.32 Å². The van der Waals surface area contributed by atoms with Crippen molar-refractivity contribution in [3.63, 3.8) is 0 Å². The molecule has 21 heavy (non-hydrogen) atoms. The van der Waals surface area contributed by atoms with E-state index in [9.17, 15) is 9.59 Å². The van der Waals surface area contributed by atoms with Gasteiger partial charge in [0.1, 0.15) is 5.75 Å². The van der Waals surface area contributed by atoms with Crippen LogP contribution in [0, 0.1) is 6.92 Å². The number of amides is 1. The van der Waals surface area contributed by atoms with E-state index >= 15 is 0 Å². The van der Waals surface area contributed by atoms with E-state index in [0.29, 0.717) is 23.6 Å². The van der Waals surface area contributed by atoms with Gasteiger partial charge in [0.25, 0.3) is 5.91 Å². The summed E-state index contributed by atoms with van der Waals surface area (Å²) in [6.07, 6.45) is 2.28. The van der Waals surface area contributed by atoms with Crippen molar-refractivity contribution in [2.24, 2.45) is 0 Å². The van der Waals surface area contributed by atoms with Crippen molar-refractivity contribution in [1.82, 2.24) is 5.32 Å². The summed E-state index contributed by atoms with van der Waals surface area (Å²) in [5.41, 5.74) is 0.172. The molecule has 114 valence electrons. The Hall–Kier alpha value is -1.75. The molecule has 6 heteroatoms. The zero-order valence-corrected chi connectivity index (χ0v) is 12.6. The van der Waals surface area contributed by atoms with Crippen molar-refractivity contribution in [3.8, 4) is 5.75 Å². The molecule has 2 rings (SSSR count). The first-order valence-electron chi connectivity index (χ1n) is 6.83. The monoisotopic (exact) mass is 311 g/mol. The summed E-state index contributed by atoms with van der Waals surface area (Å²) in [5, 5.41) is 12.3. The molecule has 1 saturated carbocycles. The third-order valence-corrected chi connectivity index (χ3v) is 4.19. The summed E-state index contributed by atoms with van der Waals surface area (Å²) in [5.74, 6) is -0.657. The summed E-state index contributed by atoms with van der Waals surface area (Å²) < 4.78 is 5.45. The fraction of sp³-hybridized carbons (Fsp3) is 0.467. The minimum absolute atomic E-state index is 0.0467. The Morgan fingerprint density at radius 1 is 1.43 bits per heavy atom. The van der Waals surface area contributed by atoms with E-state index in [1.54, 1.807) is 18.2 Å². The van der Waals surface area contributed by atoms with Crippen molar-refractivity contribution in [2.75, 3.05) is 6.61 Å². The number of rotatable bonds is 6. The van der Waals surface area contributed by atoms with Gasteiger partial charge >= 0.3 is 5.97 Å². The predicted molar refractivity (Wildman–Crippen MR) is 78.7 cm³/mol. The van der Waals surface area contributed by atoms with E-state index in [-0.39, 0.29) is 18.9 Å². The number of ether oxygens (including phenoxy) is 1. The Morgan fingerprint density at radius 3 is 2.71 bits per heavy atom. The third-order valence-electron chi connectivity index (χ3n) is 3.78. The molecule has 1 aromatic carbocycles. The molecular weight excluding hydrogens is 294 g/mol. The quantitative estimate of drug-likeness (QED) is 0.846. The number of benzene rings is 1. The van der Waals surface area contributed by atoms with Gasteiger partial charge < -0.3 is 15.2 Å². The van der Waals surface area contributed by atoms with Crippen molar-refractivity contribution in [1.29, 1.82) is 0 Å². The van der Waals surface area contributed by atoms with Crippen LogP contribution in [-0.2, 0) is 9.59 Å². The average Bonchev–Trinajstić information content (AvgIpc) is 2.37. The summed E-state index contributed by atoms with van der Waals surface area (Å²) in [7, 11) is 0. The zero-order chi connectivity index (χ0) is 15.5. The Bertz CT molecular complexity index is 555. The minimum Gasteiger partial charge on any atom is -0.483 e. The van der Waals surface area contributed by atoms with E-state index in [0.717, 1.165) is 12.0 Å². The number of carbonyl (C=O) groups excluding carboxylic acids is 1. The van der Waals surface area contributed by atoms with Crippen LogP contribution in [0.15, 0.2) is 18.2 Å². The first kappa shape index (κ1) is 15.6. The van der Waals surface area contributed by atoms with E-state index in [4.69, 9.17) is 21.4 Å². The van der Waals surface area contributed by atoms with Crippen LogP contribution in [0.4, 0.5) is 0 Å². The van der Waals surface area contributed by atoms with Gasteiger partial charge in [-0.1, -0.05) is 17.7 Å². The lowest BCUT2D eigenvalue weighted by molar-refractivity contribution is -0.140. The van der Waals surface area contributed by atoms with Gasteiger partial charge in [0.15, 0.2) is 6.61 Å². The summed E-state index contributed by atoms with van der Waals surface area (Å²) in [4.78, 5) is 22.8. The Balaban J connectivity index is 1.90. The van der Waals surface area contributed by atoms with Crippen molar-refractivity contribution in [2.45, 2.75) is 38.1 Å². The second-order valence-corrected chi connectivity index (χ2v) is 5.81. The van der Waals surface area contributed by atoms with Gasteiger partial charge in [-0.3, -0.25) is 9.59 Å². The normalized spacial score (nSPS) is 15.9. The highest BCUT2D eigenvalue weighted by molar-refractivity contribution is 6.31. The molecule has 1 aliphatic carbocycles. The summed E-state index contributed by atoms with van der Waals surface area (Å²) in [6.45, 7) is 1.66. The van der Waals surface area contributed by atoms with Crippen LogP contribution in [0.25, 0.3) is 0 Å². The number of halogens is 1. The van der Waals surface area contributed by atoms with Crippen LogP contribution in [0.3, 0.4) is 0 Å². The predicted octanol–water partition coefficient (Wildman–Crippen LogP) is 2.54. The molecule has 0 spiro atoms. The Labute approximate surface area is 128 Å². The molecule has 0 unspecified atom stereocenters. The molecule has 1 fully saturated rings. The largest absolute Gasteiger partial charge is 0.483 e. The first-order chi connectivity index (χ1) is 9.92. The second kappa shape index (κ2) is 6.35. The van der Waals surface area contributed by atoms with Gasteiger partial charge in [0.05, 0.1) is 12.0 Å². The van der Waals surface area contributed by atoms with Crippen molar-refractivity contribution >= 4 is 23.5 Å². The molecule has 1 aromatic rings. The fourth-order valence-corrected chi connectivity index (χ4v) is 2.62. The molecule has 0 bridgehead atoms. The van der Waals surface area contributed by atoms with Gasteiger partial charge in [0.2, 0.25) is 0 Å². The lowest BCUT2D eigenvalue weighted by Crippen LogP contribution is -2.55.